The van der Waals surface area contributed by atoms with Crippen LogP contribution in [0.5, 0.6) is 0 Å². The maximum atomic E-state index is 12.8. The number of aromatic nitrogens is 2. The summed E-state index contributed by atoms with van der Waals surface area (Å²) >= 11 is 0. The largest absolute Gasteiger partial charge is 0.261 e. The van der Waals surface area contributed by atoms with Crippen molar-refractivity contribution < 1.29 is 4.39 Å². The minimum atomic E-state index is -0.296. The van der Waals surface area contributed by atoms with Gasteiger partial charge in [-0.3, -0.25) is 5.32 Å². The summed E-state index contributed by atoms with van der Waals surface area (Å²) in [5.74, 6) is -0.0540. The lowest BCUT2D eigenvalue weighted by molar-refractivity contribution is 0.628. The van der Waals surface area contributed by atoms with Gasteiger partial charge in [-0.2, -0.15) is 5.26 Å². The third kappa shape index (κ3) is 2.55. The number of nitrogens with zero attached hydrogens (tertiary/aromatic N) is 3. The molecule has 0 aliphatic carbocycles. The van der Waals surface area contributed by atoms with Crippen molar-refractivity contribution in [3.05, 3.63) is 41.8 Å². The van der Waals surface area contributed by atoms with Gasteiger partial charge >= 0.3 is 0 Å². The molecule has 0 aliphatic heterocycles. The molecule has 2 rings (SSSR count). The van der Waals surface area contributed by atoms with Crippen LogP contribution in [0.4, 0.5) is 10.3 Å². The second kappa shape index (κ2) is 4.58. The third-order valence-electron chi connectivity index (χ3n) is 2.16. The summed E-state index contributed by atoms with van der Waals surface area (Å²) < 4.78 is 12.8. The van der Waals surface area contributed by atoms with Crippen LogP contribution in [0.25, 0.3) is 11.3 Å². The van der Waals surface area contributed by atoms with E-state index in [-0.39, 0.29) is 11.8 Å². The molecule has 0 bridgehead atoms. The summed E-state index contributed by atoms with van der Waals surface area (Å²) in [6.45, 7) is 1.80. The fourth-order valence-electron chi connectivity index (χ4n) is 1.44. The lowest BCUT2D eigenvalue weighted by Crippen LogP contribution is -1.98. The van der Waals surface area contributed by atoms with Crippen molar-refractivity contribution in [3.8, 4) is 17.5 Å². The Morgan fingerprint density at radius 2 is 1.94 bits per heavy atom. The van der Waals surface area contributed by atoms with Crippen molar-refractivity contribution >= 4 is 5.95 Å². The van der Waals surface area contributed by atoms with Crippen molar-refractivity contribution in [1.29, 1.82) is 5.26 Å². The Kier molecular flexibility index (Phi) is 2.97. The molecule has 1 aromatic heterocycles. The Labute approximate surface area is 97.8 Å². The van der Waals surface area contributed by atoms with Gasteiger partial charge in [0.25, 0.3) is 0 Å². The molecule has 4 nitrogen and oxygen atoms in total. The fourth-order valence-corrected chi connectivity index (χ4v) is 1.44. The number of nitriles is 1. The SMILES string of the molecule is Cc1cc(-c2ccc(F)cc2)nc(NC#N)n1. The first kappa shape index (κ1) is 11.0. The van der Waals surface area contributed by atoms with E-state index < -0.39 is 0 Å². The summed E-state index contributed by atoms with van der Waals surface area (Å²) in [6.07, 6.45) is 1.76. The lowest BCUT2D eigenvalue weighted by atomic mass is 10.1. The van der Waals surface area contributed by atoms with E-state index in [1.54, 1.807) is 31.3 Å². The van der Waals surface area contributed by atoms with Crippen LogP contribution in [0.3, 0.4) is 0 Å². The van der Waals surface area contributed by atoms with E-state index in [9.17, 15) is 4.39 Å². The van der Waals surface area contributed by atoms with Crippen LogP contribution in [-0.2, 0) is 0 Å². The molecule has 2 aromatic rings. The van der Waals surface area contributed by atoms with Crippen molar-refractivity contribution in [2.45, 2.75) is 6.92 Å². The highest BCUT2D eigenvalue weighted by atomic mass is 19.1. The normalized spacial score (nSPS) is 9.71. The van der Waals surface area contributed by atoms with Gasteiger partial charge in [-0.15, -0.1) is 0 Å². The molecular weight excluding hydrogens is 219 g/mol. The molecule has 0 fully saturated rings. The van der Waals surface area contributed by atoms with Crippen molar-refractivity contribution in [1.82, 2.24) is 9.97 Å². The zero-order chi connectivity index (χ0) is 12.3. The number of rotatable bonds is 2. The molecule has 0 spiro atoms. The summed E-state index contributed by atoms with van der Waals surface area (Å²) in [5.41, 5.74) is 2.16. The number of nitrogens with one attached hydrogen (secondary N) is 1. The highest BCUT2D eigenvalue weighted by Crippen LogP contribution is 2.19. The van der Waals surface area contributed by atoms with E-state index in [4.69, 9.17) is 5.26 Å². The minimum absolute atomic E-state index is 0.242. The maximum Gasteiger partial charge on any atom is 0.236 e. The molecule has 0 radical (unpaired) electrons. The van der Waals surface area contributed by atoms with Crippen LogP contribution in [-0.4, -0.2) is 9.97 Å². The Morgan fingerprint density at radius 3 is 2.59 bits per heavy atom. The summed E-state index contributed by atoms with van der Waals surface area (Å²) in [5, 5.41) is 10.9. The summed E-state index contributed by atoms with van der Waals surface area (Å²) in [4.78, 5) is 8.20. The average molecular weight is 228 g/mol. The molecule has 0 amide bonds. The molecule has 5 heteroatoms. The molecular formula is C12H9FN4. The zero-order valence-electron chi connectivity index (χ0n) is 9.11. The van der Waals surface area contributed by atoms with Gasteiger partial charge in [0.05, 0.1) is 5.69 Å². The van der Waals surface area contributed by atoms with E-state index >= 15 is 0 Å². The number of anilines is 1. The van der Waals surface area contributed by atoms with Gasteiger partial charge in [0, 0.05) is 11.3 Å². The molecule has 1 heterocycles. The van der Waals surface area contributed by atoms with Crippen LogP contribution >= 0.6 is 0 Å². The minimum Gasteiger partial charge on any atom is -0.261 e. The van der Waals surface area contributed by atoms with Crippen LogP contribution in [0.15, 0.2) is 30.3 Å². The third-order valence-corrected chi connectivity index (χ3v) is 2.16. The van der Waals surface area contributed by atoms with E-state index in [1.165, 1.54) is 12.1 Å². The molecule has 17 heavy (non-hydrogen) atoms. The molecule has 0 saturated heterocycles. The van der Waals surface area contributed by atoms with Crippen LogP contribution < -0.4 is 5.32 Å². The highest BCUT2D eigenvalue weighted by molar-refractivity contribution is 5.60. The first-order valence-electron chi connectivity index (χ1n) is 4.96. The predicted molar refractivity (Wildman–Crippen MR) is 61.4 cm³/mol. The second-order valence-corrected chi connectivity index (χ2v) is 3.46. The number of hydrogen-bond acceptors (Lipinski definition) is 4. The van der Waals surface area contributed by atoms with Crippen LogP contribution in [0.2, 0.25) is 0 Å². The Balaban J connectivity index is 2.45. The number of benzene rings is 1. The van der Waals surface area contributed by atoms with E-state index in [0.29, 0.717) is 5.69 Å². The van der Waals surface area contributed by atoms with Gasteiger partial charge in [-0.1, -0.05) is 0 Å². The molecule has 0 aliphatic rings. The quantitative estimate of drug-likeness (QED) is 0.633. The van der Waals surface area contributed by atoms with E-state index in [0.717, 1.165) is 11.3 Å². The molecule has 1 aromatic carbocycles. The molecule has 1 N–H and O–H groups in total. The Morgan fingerprint density at radius 1 is 1.24 bits per heavy atom. The topological polar surface area (TPSA) is 61.6 Å². The highest BCUT2D eigenvalue weighted by Gasteiger charge is 2.04. The van der Waals surface area contributed by atoms with Gasteiger partial charge in [-0.25, -0.2) is 14.4 Å². The van der Waals surface area contributed by atoms with E-state index in [2.05, 4.69) is 15.3 Å². The van der Waals surface area contributed by atoms with Gasteiger partial charge in [0.15, 0.2) is 6.19 Å². The zero-order valence-corrected chi connectivity index (χ0v) is 9.11. The second-order valence-electron chi connectivity index (χ2n) is 3.46. The van der Waals surface area contributed by atoms with Crippen molar-refractivity contribution in [2.24, 2.45) is 0 Å². The fraction of sp³-hybridized carbons (Fsp3) is 0.0833. The molecule has 84 valence electrons. The first-order chi connectivity index (χ1) is 8.19. The number of hydrogen-bond donors (Lipinski definition) is 1. The first-order valence-corrected chi connectivity index (χ1v) is 4.96. The number of halogens is 1. The summed E-state index contributed by atoms with van der Waals surface area (Å²) in [6, 6.07) is 7.77. The van der Waals surface area contributed by atoms with E-state index in [1.807, 2.05) is 0 Å². The lowest BCUT2D eigenvalue weighted by Gasteiger charge is -2.04. The smallest absolute Gasteiger partial charge is 0.236 e. The Bertz CT molecular complexity index is 572. The predicted octanol–water partition coefficient (Wildman–Crippen LogP) is 2.48. The maximum absolute atomic E-state index is 12.8. The van der Waals surface area contributed by atoms with Crippen molar-refractivity contribution in [3.63, 3.8) is 0 Å². The van der Waals surface area contributed by atoms with Gasteiger partial charge < -0.3 is 0 Å². The Hall–Kier alpha value is -2.48. The molecule has 0 saturated carbocycles. The average Bonchev–Trinajstić information content (AvgIpc) is 2.29. The van der Waals surface area contributed by atoms with Crippen molar-refractivity contribution in [2.75, 3.05) is 5.32 Å². The van der Waals surface area contributed by atoms with Crippen LogP contribution in [0, 0.1) is 24.2 Å². The van der Waals surface area contributed by atoms with Gasteiger partial charge in [0.1, 0.15) is 5.82 Å². The molecule has 0 atom stereocenters. The number of aryl methyl sites for hydroxylation is 1. The summed E-state index contributed by atoms with van der Waals surface area (Å²) in [7, 11) is 0. The van der Waals surface area contributed by atoms with Gasteiger partial charge in [-0.05, 0) is 37.3 Å². The standard InChI is InChI=1S/C12H9FN4/c1-8-6-11(17-12(16-8)15-7-14)9-2-4-10(13)5-3-9/h2-6H,1H3,(H,15,16,17). The molecule has 0 unspecified atom stereocenters. The van der Waals surface area contributed by atoms with Gasteiger partial charge in [0.2, 0.25) is 5.95 Å². The van der Waals surface area contributed by atoms with Crippen LogP contribution in [0.1, 0.15) is 5.69 Å². The monoisotopic (exact) mass is 228 g/mol.